The average molecular weight is 245 g/mol. The monoisotopic (exact) mass is 245 g/mol. The van der Waals surface area contributed by atoms with Crippen molar-refractivity contribution in [2.45, 2.75) is 6.92 Å². The molecule has 0 aliphatic heterocycles. The molecule has 0 atom stereocenters. The number of aromatic nitrogens is 4. The molecule has 3 rings (SSSR count). The van der Waals surface area contributed by atoms with Crippen molar-refractivity contribution < 1.29 is 0 Å². The number of pyridine rings is 1. The Morgan fingerprint density at radius 1 is 1.35 bits per heavy atom. The Balaban J connectivity index is 2.10. The van der Waals surface area contributed by atoms with Crippen LogP contribution in [0.2, 0.25) is 0 Å². The molecule has 6 heteroatoms. The van der Waals surface area contributed by atoms with E-state index in [1.54, 1.807) is 17.5 Å². The SMILES string of the molecule is CCNc1nnc(-c2cccc3nccn23)s1. The predicted molar refractivity (Wildman–Crippen MR) is 68.3 cm³/mol. The van der Waals surface area contributed by atoms with E-state index in [0.717, 1.165) is 28.0 Å². The summed E-state index contributed by atoms with van der Waals surface area (Å²) in [7, 11) is 0. The molecule has 0 radical (unpaired) electrons. The summed E-state index contributed by atoms with van der Waals surface area (Å²) < 4.78 is 2.01. The van der Waals surface area contributed by atoms with Crippen molar-refractivity contribution in [3.05, 3.63) is 30.6 Å². The highest BCUT2D eigenvalue weighted by Crippen LogP contribution is 2.26. The minimum Gasteiger partial charge on any atom is -0.360 e. The quantitative estimate of drug-likeness (QED) is 0.769. The van der Waals surface area contributed by atoms with Crippen LogP contribution in [0.25, 0.3) is 16.3 Å². The third-order valence-corrected chi connectivity index (χ3v) is 3.30. The molecular formula is C11H11N5S. The molecule has 0 spiro atoms. The number of hydrogen-bond donors (Lipinski definition) is 1. The molecule has 3 aromatic heterocycles. The van der Waals surface area contributed by atoms with Crippen LogP contribution in [0.5, 0.6) is 0 Å². The van der Waals surface area contributed by atoms with Gasteiger partial charge in [0.1, 0.15) is 5.65 Å². The molecule has 17 heavy (non-hydrogen) atoms. The van der Waals surface area contributed by atoms with Gasteiger partial charge in [0.25, 0.3) is 0 Å². The highest BCUT2D eigenvalue weighted by molar-refractivity contribution is 7.18. The van der Waals surface area contributed by atoms with Gasteiger partial charge in [-0.05, 0) is 19.1 Å². The van der Waals surface area contributed by atoms with Gasteiger partial charge in [-0.25, -0.2) is 4.98 Å². The maximum absolute atomic E-state index is 4.25. The van der Waals surface area contributed by atoms with E-state index in [9.17, 15) is 0 Å². The van der Waals surface area contributed by atoms with E-state index in [0.29, 0.717) is 0 Å². The van der Waals surface area contributed by atoms with Crippen LogP contribution in [0.1, 0.15) is 6.92 Å². The standard InChI is InChI=1S/C11H11N5S/c1-2-12-11-15-14-10(17-11)8-4-3-5-9-13-6-7-16(8)9/h3-7H,2H2,1H3,(H,12,15). The van der Waals surface area contributed by atoms with E-state index in [4.69, 9.17) is 0 Å². The van der Waals surface area contributed by atoms with Crippen molar-refractivity contribution >= 4 is 22.1 Å². The van der Waals surface area contributed by atoms with Gasteiger partial charge in [-0.1, -0.05) is 17.4 Å². The van der Waals surface area contributed by atoms with Crippen LogP contribution in [0.3, 0.4) is 0 Å². The number of nitrogens with zero attached hydrogens (tertiary/aromatic N) is 4. The van der Waals surface area contributed by atoms with Gasteiger partial charge in [-0.15, -0.1) is 10.2 Å². The summed E-state index contributed by atoms with van der Waals surface area (Å²) in [5, 5.41) is 13.2. The summed E-state index contributed by atoms with van der Waals surface area (Å²) >= 11 is 1.55. The topological polar surface area (TPSA) is 55.1 Å². The molecule has 0 bridgehead atoms. The van der Waals surface area contributed by atoms with Gasteiger partial charge in [0.15, 0.2) is 5.01 Å². The number of rotatable bonds is 3. The fourth-order valence-corrected chi connectivity index (χ4v) is 2.51. The second-order valence-electron chi connectivity index (χ2n) is 3.51. The summed E-state index contributed by atoms with van der Waals surface area (Å²) in [5.41, 5.74) is 1.93. The third-order valence-electron chi connectivity index (χ3n) is 2.40. The van der Waals surface area contributed by atoms with Gasteiger partial charge >= 0.3 is 0 Å². The van der Waals surface area contributed by atoms with E-state index in [1.165, 1.54) is 0 Å². The Labute approximate surface area is 102 Å². The molecule has 3 aromatic rings. The lowest BCUT2D eigenvalue weighted by atomic mass is 10.3. The molecule has 0 saturated carbocycles. The molecule has 0 aromatic carbocycles. The second-order valence-corrected chi connectivity index (χ2v) is 4.49. The first-order valence-corrected chi connectivity index (χ1v) is 6.20. The van der Waals surface area contributed by atoms with Crippen LogP contribution in [0.15, 0.2) is 30.6 Å². The number of nitrogens with one attached hydrogen (secondary N) is 1. The molecular weight excluding hydrogens is 234 g/mol. The zero-order valence-electron chi connectivity index (χ0n) is 9.29. The van der Waals surface area contributed by atoms with Gasteiger partial charge in [-0.3, -0.25) is 4.40 Å². The molecule has 0 unspecified atom stereocenters. The van der Waals surface area contributed by atoms with Crippen LogP contribution < -0.4 is 5.32 Å². The Morgan fingerprint density at radius 3 is 3.18 bits per heavy atom. The lowest BCUT2D eigenvalue weighted by Crippen LogP contribution is -1.94. The molecule has 0 saturated heterocycles. The number of hydrogen-bond acceptors (Lipinski definition) is 5. The molecule has 1 N–H and O–H groups in total. The number of anilines is 1. The Kier molecular flexibility index (Phi) is 2.49. The van der Waals surface area contributed by atoms with Crippen molar-refractivity contribution in [3.8, 4) is 10.7 Å². The zero-order chi connectivity index (χ0) is 11.7. The summed E-state index contributed by atoms with van der Waals surface area (Å²) in [6.07, 6.45) is 3.71. The first-order valence-electron chi connectivity index (χ1n) is 5.38. The van der Waals surface area contributed by atoms with Crippen LogP contribution >= 0.6 is 11.3 Å². The highest BCUT2D eigenvalue weighted by atomic mass is 32.1. The second kappa shape index (κ2) is 4.14. The fraction of sp³-hybridized carbons (Fsp3) is 0.182. The van der Waals surface area contributed by atoms with Crippen molar-refractivity contribution in [2.24, 2.45) is 0 Å². The van der Waals surface area contributed by atoms with E-state index >= 15 is 0 Å². The van der Waals surface area contributed by atoms with Gasteiger partial charge < -0.3 is 5.32 Å². The van der Waals surface area contributed by atoms with Crippen LogP contribution in [-0.4, -0.2) is 26.1 Å². The summed E-state index contributed by atoms with van der Waals surface area (Å²) in [6, 6.07) is 5.96. The third kappa shape index (κ3) is 1.76. The smallest absolute Gasteiger partial charge is 0.206 e. The van der Waals surface area contributed by atoms with Gasteiger partial charge in [-0.2, -0.15) is 0 Å². The van der Waals surface area contributed by atoms with Crippen LogP contribution in [-0.2, 0) is 0 Å². The van der Waals surface area contributed by atoms with Crippen molar-refractivity contribution in [3.63, 3.8) is 0 Å². The van der Waals surface area contributed by atoms with E-state index in [-0.39, 0.29) is 0 Å². The lowest BCUT2D eigenvalue weighted by Gasteiger charge is -2.00. The minimum absolute atomic E-state index is 0.847. The average Bonchev–Trinajstić information content (AvgIpc) is 2.96. The predicted octanol–water partition coefficient (Wildman–Crippen LogP) is 2.28. The number of imidazole rings is 1. The van der Waals surface area contributed by atoms with E-state index < -0.39 is 0 Å². The Morgan fingerprint density at radius 2 is 2.29 bits per heavy atom. The maximum atomic E-state index is 4.25. The first kappa shape index (κ1) is 10.2. The molecule has 5 nitrogen and oxygen atoms in total. The van der Waals surface area contributed by atoms with Crippen LogP contribution in [0.4, 0.5) is 5.13 Å². The minimum atomic E-state index is 0.847. The molecule has 86 valence electrons. The van der Waals surface area contributed by atoms with Gasteiger partial charge in [0, 0.05) is 18.9 Å². The largest absolute Gasteiger partial charge is 0.360 e. The van der Waals surface area contributed by atoms with E-state index in [2.05, 4.69) is 20.5 Å². The van der Waals surface area contributed by atoms with Crippen molar-refractivity contribution in [1.29, 1.82) is 0 Å². The Hall–Kier alpha value is -1.95. The molecule has 0 amide bonds. The summed E-state index contributed by atoms with van der Waals surface area (Å²) in [6.45, 7) is 2.89. The summed E-state index contributed by atoms with van der Waals surface area (Å²) in [5.74, 6) is 0. The van der Waals surface area contributed by atoms with Crippen molar-refractivity contribution in [2.75, 3.05) is 11.9 Å². The van der Waals surface area contributed by atoms with E-state index in [1.807, 2.05) is 35.7 Å². The molecule has 3 heterocycles. The zero-order valence-corrected chi connectivity index (χ0v) is 10.1. The number of fused-ring (bicyclic) bond motifs is 1. The normalized spacial score (nSPS) is 10.9. The Bertz CT molecular complexity index is 642. The maximum Gasteiger partial charge on any atom is 0.206 e. The van der Waals surface area contributed by atoms with Gasteiger partial charge in [0.05, 0.1) is 5.69 Å². The van der Waals surface area contributed by atoms with Gasteiger partial charge in [0.2, 0.25) is 5.13 Å². The van der Waals surface area contributed by atoms with Crippen LogP contribution in [0, 0.1) is 0 Å². The molecule has 0 fully saturated rings. The first-order chi connectivity index (χ1) is 8.38. The fourth-order valence-electron chi connectivity index (χ4n) is 1.67. The highest BCUT2D eigenvalue weighted by Gasteiger charge is 2.09. The molecule has 0 aliphatic rings. The van der Waals surface area contributed by atoms with Crippen molar-refractivity contribution in [1.82, 2.24) is 19.6 Å². The molecule has 0 aliphatic carbocycles. The lowest BCUT2D eigenvalue weighted by molar-refractivity contribution is 1.06. The summed E-state index contributed by atoms with van der Waals surface area (Å²) in [4.78, 5) is 4.25.